The average molecular weight is 368 g/mol. The van der Waals surface area contributed by atoms with E-state index in [1.54, 1.807) is 0 Å². The Bertz CT molecular complexity index is 583. The van der Waals surface area contributed by atoms with Crippen molar-refractivity contribution in [2.24, 2.45) is 5.73 Å². The highest BCUT2D eigenvalue weighted by atomic mass is 79.9. The van der Waals surface area contributed by atoms with Crippen LogP contribution in [-0.4, -0.2) is 13.1 Å². The summed E-state index contributed by atoms with van der Waals surface area (Å²) in [7, 11) is 0. The molecule has 2 aromatic rings. The van der Waals surface area contributed by atoms with Gasteiger partial charge >= 0.3 is 0 Å². The lowest BCUT2D eigenvalue weighted by Crippen LogP contribution is -2.22. The summed E-state index contributed by atoms with van der Waals surface area (Å²) in [6.45, 7) is 2.27. The topological polar surface area (TPSA) is 29.3 Å². The standard InChI is InChI=1S/C17H19BrN2.ClH/c18-14-8-9-16(20-10-4-5-11-20)15(12-14)17(19)13-6-2-1-3-7-13;/h1-3,6-9,12,17H,4-5,10-11,19H2;1H. The maximum atomic E-state index is 6.51. The first-order chi connectivity index (χ1) is 9.75. The predicted octanol–water partition coefficient (Wildman–Crippen LogP) is 4.52. The van der Waals surface area contributed by atoms with E-state index in [9.17, 15) is 0 Å². The maximum Gasteiger partial charge on any atom is 0.0572 e. The molecule has 0 spiro atoms. The van der Waals surface area contributed by atoms with Gasteiger partial charge in [-0.05, 0) is 42.2 Å². The Morgan fingerprint density at radius 1 is 1.00 bits per heavy atom. The smallest absolute Gasteiger partial charge is 0.0572 e. The number of rotatable bonds is 3. The summed E-state index contributed by atoms with van der Waals surface area (Å²) in [4.78, 5) is 2.45. The van der Waals surface area contributed by atoms with E-state index in [1.807, 2.05) is 18.2 Å². The minimum atomic E-state index is -0.0794. The molecule has 0 amide bonds. The Morgan fingerprint density at radius 2 is 1.67 bits per heavy atom. The van der Waals surface area contributed by atoms with Gasteiger partial charge in [-0.1, -0.05) is 46.3 Å². The summed E-state index contributed by atoms with van der Waals surface area (Å²) >= 11 is 3.57. The van der Waals surface area contributed by atoms with Crippen molar-refractivity contribution in [1.29, 1.82) is 0 Å². The molecule has 0 aliphatic carbocycles. The number of nitrogens with zero attached hydrogens (tertiary/aromatic N) is 1. The lowest BCUT2D eigenvalue weighted by atomic mass is 9.97. The summed E-state index contributed by atoms with van der Waals surface area (Å²) < 4.78 is 1.09. The Kier molecular flexibility index (Phi) is 5.68. The van der Waals surface area contributed by atoms with Gasteiger partial charge in [-0.3, -0.25) is 0 Å². The van der Waals surface area contributed by atoms with E-state index in [0.717, 1.165) is 23.1 Å². The molecule has 0 radical (unpaired) electrons. The Hall–Kier alpha value is -1.03. The molecule has 21 heavy (non-hydrogen) atoms. The van der Waals surface area contributed by atoms with E-state index in [0.29, 0.717) is 0 Å². The minimum absolute atomic E-state index is 0. The molecule has 0 aromatic heterocycles. The third kappa shape index (κ3) is 3.60. The fraction of sp³-hybridized carbons (Fsp3) is 0.294. The van der Waals surface area contributed by atoms with Crippen LogP contribution in [0, 0.1) is 0 Å². The second-order valence-electron chi connectivity index (χ2n) is 5.29. The Balaban J connectivity index is 0.00000161. The summed E-state index contributed by atoms with van der Waals surface area (Å²) in [6, 6.07) is 16.7. The number of anilines is 1. The molecule has 1 heterocycles. The molecule has 2 nitrogen and oxygen atoms in total. The Labute approximate surface area is 140 Å². The normalized spacial score (nSPS) is 15.6. The minimum Gasteiger partial charge on any atom is -0.371 e. The van der Waals surface area contributed by atoms with E-state index >= 15 is 0 Å². The SMILES string of the molecule is Cl.NC(c1ccccc1)c1cc(Br)ccc1N1CCCC1. The first-order valence-corrected chi connectivity index (χ1v) is 7.90. The van der Waals surface area contributed by atoms with Gasteiger partial charge in [0.25, 0.3) is 0 Å². The molecular weight excluding hydrogens is 348 g/mol. The number of hydrogen-bond donors (Lipinski definition) is 1. The van der Waals surface area contributed by atoms with Gasteiger partial charge in [0.15, 0.2) is 0 Å². The van der Waals surface area contributed by atoms with Gasteiger partial charge in [-0.2, -0.15) is 0 Å². The van der Waals surface area contributed by atoms with Crippen LogP contribution in [0.25, 0.3) is 0 Å². The van der Waals surface area contributed by atoms with Crippen LogP contribution >= 0.6 is 28.3 Å². The van der Waals surface area contributed by atoms with Crippen molar-refractivity contribution >= 4 is 34.0 Å². The third-order valence-corrected chi connectivity index (χ3v) is 4.42. The van der Waals surface area contributed by atoms with Crippen LogP contribution in [0.15, 0.2) is 53.0 Å². The molecule has 1 saturated heterocycles. The monoisotopic (exact) mass is 366 g/mol. The van der Waals surface area contributed by atoms with Gasteiger partial charge < -0.3 is 10.6 Å². The van der Waals surface area contributed by atoms with Gasteiger partial charge in [-0.15, -0.1) is 12.4 Å². The lowest BCUT2D eigenvalue weighted by molar-refractivity contribution is 0.849. The van der Waals surface area contributed by atoms with Crippen LogP contribution in [0.2, 0.25) is 0 Å². The number of benzene rings is 2. The van der Waals surface area contributed by atoms with Crippen molar-refractivity contribution in [2.75, 3.05) is 18.0 Å². The van der Waals surface area contributed by atoms with E-state index in [4.69, 9.17) is 5.73 Å². The molecule has 2 N–H and O–H groups in total. The molecule has 1 atom stereocenters. The summed E-state index contributed by atoms with van der Waals surface area (Å²) in [6.07, 6.45) is 2.55. The molecule has 1 aliphatic rings. The number of halogens is 2. The molecule has 4 heteroatoms. The van der Waals surface area contributed by atoms with Gasteiger partial charge in [0.1, 0.15) is 0 Å². The lowest BCUT2D eigenvalue weighted by Gasteiger charge is -2.25. The first-order valence-electron chi connectivity index (χ1n) is 7.10. The summed E-state index contributed by atoms with van der Waals surface area (Å²) in [5, 5.41) is 0. The zero-order valence-corrected chi connectivity index (χ0v) is 14.2. The molecule has 1 fully saturated rings. The van der Waals surface area contributed by atoms with Crippen LogP contribution in [0.3, 0.4) is 0 Å². The molecule has 2 aromatic carbocycles. The van der Waals surface area contributed by atoms with Crippen LogP contribution in [-0.2, 0) is 0 Å². The fourth-order valence-corrected chi connectivity index (χ4v) is 3.24. The number of hydrogen-bond acceptors (Lipinski definition) is 2. The molecule has 1 unspecified atom stereocenters. The van der Waals surface area contributed by atoms with Crippen molar-refractivity contribution in [3.05, 3.63) is 64.1 Å². The number of nitrogens with two attached hydrogens (primary N) is 1. The van der Waals surface area contributed by atoms with Gasteiger partial charge in [0.05, 0.1) is 6.04 Å². The van der Waals surface area contributed by atoms with Crippen molar-refractivity contribution < 1.29 is 0 Å². The zero-order chi connectivity index (χ0) is 13.9. The predicted molar refractivity (Wildman–Crippen MR) is 95.3 cm³/mol. The average Bonchev–Trinajstić information content (AvgIpc) is 3.01. The zero-order valence-electron chi connectivity index (χ0n) is 11.8. The maximum absolute atomic E-state index is 6.51. The Morgan fingerprint density at radius 3 is 2.33 bits per heavy atom. The third-order valence-electron chi connectivity index (χ3n) is 3.93. The van der Waals surface area contributed by atoms with E-state index in [-0.39, 0.29) is 18.4 Å². The molecule has 3 rings (SSSR count). The van der Waals surface area contributed by atoms with Gasteiger partial charge in [0, 0.05) is 23.2 Å². The van der Waals surface area contributed by atoms with E-state index in [1.165, 1.54) is 24.1 Å². The van der Waals surface area contributed by atoms with Crippen LogP contribution < -0.4 is 10.6 Å². The molecule has 112 valence electrons. The van der Waals surface area contributed by atoms with Crippen LogP contribution in [0.1, 0.15) is 30.0 Å². The molecule has 1 aliphatic heterocycles. The van der Waals surface area contributed by atoms with Crippen molar-refractivity contribution in [3.8, 4) is 0 Å². The van der Waals surface area contributed by atoms with Crippen molar-refractivity contribution in [1.82, 2.24) is 0 Å². The highest BCUT2D eigenvalue weighted by Crippen LogP contribution is 2.33. The largest absolute Gasteiger partial charge is 0.371 e. The molecular formula is C17H20BrClN2. The van der Waals surface area contributed by atoms with Crippen LogP contribution in [0.5, 0.6) is 0 Å². The fourth-order valence-electron chi connectivity index (χ4n) is 2.86. The molecule has 0 saturated carbocycles. The van der Waals surface area contributed by atoms with Crippen LogP contribution in [0.4, 0.5) is 5.69 Å². The highest BCUT2D eigenvalue weighted by molar-refractivity contribution is 9.10. The van der Waals surface area contributed by atoms with Crippen molar-refractivity contribution in [3.63, 3.8) is 0 Å². The quantitative estimate of drug-likeness (QED) is 0.864. The van der Waals surface area contributed by atoms with Crippen molar-refractivity contribution in [2.45, 2.75) is 18.9 Å². The van der Waals surface area contributed by atoms with Gasteiger partial charge in [-0.25, -0.2) is 0 Å². The van der Waals surface area contributed by atoms with E-state index in [2.05, 4.69) is 51.2 Å². The first kappa shape index (κ1) is 16.3. The second kappa shape index (κ2) is 7.30. The molecule has 0 bridgehead atoms. The second-order valence-corrected chi connectivity index (χ2v) is 6.20. The van der Waals surface area contributed by atoms with E-state index < -0.39 is 0 Å². The summed E-state index contributed by atoms with van der Waals surface area (Å²) in [5.41, 5.74) is 10.1. The highest BCUT2D eigenvalue weighted by Gasteiger charge is 2.20. The summed E-state index contributed by atoms with van der Waals surface area (Å²) in [5.74, 6) is 0. The van der Waals surface area contributed by atoms with Gasteiger partial charge in [0.2, 0.25) is 0 Å².